The summed E-state index contributed by atoms with van der Waals surface area (Å²) in [7, 11) is 1.54. The average molecular weight is 521 g/mol. The quantitative estimate of drug-likeness (QED) is 0.365. The highest BCUT2D eigenvalue weighted by Gasteiger charge is 2.17. The summed E-state index contributed by atoms with van der Waals surface area (Å²) in [5, 5.41) is 14.4. The summed E-state index contributed by atoms with van der Waals surface area (Å²) in [5.74, 6) is -0.324. The molecule has 5 rings (SSSR count). The van der Waals surface area contributed by atoms with E-state index in [-0.39, 0.29) is 10.2 Å². The number of aromatic nitrogens is 4. The first-order chi connectivity index (χ1) is 18.5. The van der Waals surface area contributed by atoms with Crippen molar-refractivity contribution in [1.82, 2.24) is 19.3 Å². The number of hydrogen-bond donors (Lipinski definition) is 1. The summed E-state index contributed by atoms with van der Waals surface area (Å²) in [6.07, 6.45) is 6.88. The van der Waals surface area contributed by atoms with Crippen molar-refractivity contribution in [3.63, 3.8) is 0 Å². The molecule has 0 fully saturated rings. The molecule has 5 aromatic rings. The van der Waals surface area contributed by atoms with Crippen molar-refractivity contribution in [3.8, 4) is 34.5 Å². The van der Waals surface area contributed by atoms with Crippen LogP contribution in [0.4, 0.5) is 0 Å². The Bertz CT molecular complexity index is 1850. The van der Waals surface area contributed by atoms with Gasteiger partial charge < -0.3 is 10.5 Å². The van der Waals surface area contributed by atoms with Crippen LogP contribution in [0.2, 0.25) is 0 Å². The second kappa shape index (κ2) is 10.4. The Morgan fingerprint density at radius 2 is 1.84 bits per heavy atom. The van der Waals surface area contributed by atoms with Gasteiger partial charge in [0.1, 0.15) is 22.2 Å². The van der Waals surface area contributed by atoms with Crippen LogP contribution in [0.25, 0.3) is 34.3 Å². The van der Waals surface area contributed by atoms with E-state index in [0.717, 1.165) is 22.6 Å². The largest absolute Gasteiger partial charge is 0.497 e. The second-order valence-corrected chi connectivity index (χ2v) is 9.09. The van der Waals surface area contributed by atoms with Crippen molar-refractivity contribution < 1.29 is 9.53 Å². The number of primary amides is 1. The fraction of sp³-hybridized carbons (Fsp3) is 0.0357. The van der Waals surface area contributed by atoms with Crippen molar-refractivity contribution >= 4 is 28.9 Å². The Kier molecular flexibility index (Phi) is 6.67. The number of nitriles is 1. The number of carbonyl (C=O) groups excluding carboxylic acids is 1. The highest BCUT2D eigenvalue weighted by molar-refractivity contribution is 7.07. The number of nitrogens with zero attached hydrogens (tertiary/aromatic N) is 5. The highest BCUT2D eigenvalue weighted by atomic mass is 32.1. The number of benzene rings is 2. The maximum atomic E-state index is 13.7. The number of nitrogens with two attached hydrogens (primary N) is 1. The molecule has 38 heavy (non-hydrogen) atoms. The molecule has 1 amide bonds. The molecule has 0 unspecified atom stereocenters. The van der Waals surface area contributed by atoms with Crippen molar-refractivity contribution in [2.45, 2.75) is 0 Å². The zero-order chi connectivity index (χ0) is 26.6. The van der Waals surface area contributed by atoms with Gasteiger partial charge in [-0.3, -0.25) is 19.1 Å². The SMILES string of the molecule is COc1ccc(-n2c(=O)/c(=C\c3cn(-c4ccccc4)nc3-c3cccnc3)s/c2=C(/C#N)C(N)=O)cc1. The summed E-state index contributed by atoms with van der Waals surface area (Å²) in [6.45, 7) is 0. The summed E-state index contributed by atoms with van der Waals surface area (Å²) < 4.78 is 8.68. The fourth-order valence-electron chi connectivity index (χ4n) is 3.90. The van der Waals surface area contributed by atoms with Crippen LogP contribution in [0.15, 0.2) is 90.1 Å². The van der Waals surface area contributed by atoms with Crippen molar-refractivity contribution in [3.05, 3.63) is 110 Å². The van der Waals surface area contributed by atoms with Gasteiger partial charge in [-0.1, -0.05) is 18.2 Å². The number of amides is 1. The van der Waals surface area contributed by atoms with Crippen LogP contribution in [0.1, 0.15) is 5.56 Å². The Morgan fingerprint density at radius 1 is 1.08 bits per heavy atom. The third-order valence-electron chi connectivity index (χ3n) is 5.71. The number of pyridine rings is 1. The summed E-state index contributed by atoms with van der Waals surface area (Å²) in [6, 6.07) is 21.8. The van der Waals surface area contributed by atoms with Gasteiger partial charge in [-0.05, 0) is 54.6 Å². The molecule has 0 aliphatic rings. The topological polar surface area (TPSA) is 129 Å². The molecule has 0 atom stereocenters. The number of hydrogen-bond acceptors (Lipinski definition) is 7. The van der Waals surface area contributed by atoms with Gasteiger partial charge >= 0.3 is 0 Å². The maximum absolute atomic E-state index is 13.7. The molecule has 3 heterocycles. The van der Waals surface area contributed by atoms with Gasteiger partial charge in [0.25, 0.3) is 11.5 Å². The van der Waals surface area contributed by atoms with Gasteiger partial charge in [0.15, 0.2) is 5.57 Å². The van der Waals surface area contributed by atoms with Crippen molar-refractivity contribution in [2.75, 3.05) is 7.11 Å². The molecule has 0 spiro atoms. The molecular weight excluding hydrogens is 500 g/mol. The Morgan fingerprint density at radius 3 is 2.47 bits per heavy atom. The van der Waals surface area contributed by atoms with E-state index in [4.69, 9.17) is 15.6 Å². The van der Waals surface area contributed by atoms with Gasteiger partial charge in [0.2, 0.25) is 0 Å². The van der Waals surface area contributed by atoms with Crippen LogP contribution in [0, 0.1) is 11.3 Å². The molecule has 0 aliphatic carbocycles. The van der Waals surface area contributed by atoms with Crippen LogP contribution in [0.3, 0.4) is 0 Å². The first-order valence-electron chi connectivity index (χ1n) is 11.4. The minimum Gasteiger partial charge on any atom is -0.497 e. The van der Waals surface area contributed by atoms with Crippen LogP contribution in [0.5, 0.6) is 5.75 Å². The molecule has 0 saturated heterocycles. The maximum Gasteiger partial charge on any atom is 0.273 e. The van der Waals surface area contributed by atoms with Gasteiger partial charge in [-0.15, -0.1) is 11.3 Å². The summed E-state index contributed by atoms with van der Waals surface area (Å²) >= 11 is 1.01. The molecule has 10 heteroatoms. The predicted molar refractivity (Wildman–Crippen MR) is 144 cm³/mol. The monoisotopic (exact) mass is 520 g/mol. The molecule has 2 N–H and O–H groups in total. The van der Waals surface area contributed by atoms with E-state index in [1.165, 1.54) is 11.7 Å². The lowest BCUT2D eigenvalue weighted by atomic mass is 10.1. The first kappa shape index (κ1) is 24.4. The van der Waals surface area contributed by atoms with Gasteiger partial charge in [-0.2, -0.15) is 10.4 Å². The molecule has 0 saturated carbocycles. The van der Waals surface area contributed by atoms with E-state index in [1.54, 1.807) is 47.4 Å². The van der Waals surface area contributed by atoms with E-state index in [2.05, 4.69) is 4.98 Å². The number of methoxy groups -OCH3 is 1. The van der Waals surface area contributed by atoms with Gasteiger partial charge in [0, 0.05) is 29.7 Å². The summed E-state index contributed by atoms with van der Waals surface area (Å²) in [5.41, 5.74) is 8.12. The van der Waals surface area contributed by atoms with Crippen LogP contribution >= 0.6 is 11.3 Å². The van der Waals surface area contributed by atoms with Crippen LogP contribution in [-0.4, -0.2) is 32.3 Å². The molecule has 0 bridgehead atoms. The molecule has 0 aliphatic heterocycles. The van der Waals surface area contributed by atoms with E-state index < -0.39 is 11.5 Å². The first-order valence-corrected chi connectivity index (χ1v) is 12.2. The third-order valence-corrected chi connectivity index (χ3v) is 6.80. The van der Waals surface area contributed by atoms with E-state index in [0.29, 0.717) is 27.2 Å². The Labute approximate surface area is 220 Å². The summed E-state index contributed by atoms with van der Waals surface area (Å²) in [4.78, 5) is 30.0. The predicted octanol–water partition coefficient (Wildman–Crippen LogP) is 2.14. The number of thiazole rings is 1. The molecule has 2 aromatic carbocycles. The zero-order valence-electron chi connectivity index (χ0n) is 20.1. The van der Waals surface area contributed by atoms with Gasteiger partial charge in [0.05, 0.1) is 23.0 Å². The van der Waals surface area contributed by atoms with Crippen LogP contribution < -0.4 is 25.2 Å². The lowest BCUT2D eigenvalue weighted by molar-refractivity contribution is -0.112. The molecular formula is C28H20N6O3S. The highest BCUT2D eigenvalue weighted by Crippen LogP contribution is 2.23. The normalized spacial score (nSPS) is 12.2. The van der Waals surface area contributed by atoms with Crippen molar-refractivity contribution in [1.29, 1.82) is 5.26 Å². The number of carbonyl (C=O) groups is 1. The number of ether oxygens (including phenoxy) is 1. The fourth-order valence-corrected chi connectivity index (χ4v) is 5.00. The second-order valence-electron chi connectivity index (χ2n) is 8.06. The third kappa shape index (κ3) is 4.61. The minimum absolute atomic E-state index is 0.139. The van der Waals surface area contributed by atoms with Gasteiger partial charge in [-0.25, -0.2) is 4.68 Å². The molecule has 186 valence electrons. The number of rotatable bonds is 6. The van der Waals surface area contributed by atoms with E-state index in [1.807, 2.05) is 54.7 Å². The lowest BCUT2D eigenvalue weighted by Crippen LogP contribution is -2.32. The minimum atomic E-state index is -0.921. The molecule has 3 aromatic heterocycles. The average Bonchev–Trinajstić information content (AvgIpc) is 3.51. The molecule has 9 nitrogen and oxygen atoms in total. The zero-order valence-corrected chi connectivity index (χ0v) is 20.9. The van der Waals surface area contributed by atoms with Crippen LogP contribution in [-0.2, 0) is 4.79 Å². The lowest BCUT2D eigenvalue weighted by Gasteiger charge is -2.04. The number of para-hydroxylation sites is 1. The molecule has 0 radical (unpaired) electrons. The van der Waals surface area contributed by atoms with E-state index in [9.17, 15) is 14.9 Å². The standard InChI is InChI=1S/C28H20N6O3S/c1-37-22-11-9-21(10-12-22)34-27(36)24(38-28(34)23(15-29)26(30)35)14-19-17-33(20-7-3-2-4-8-20)32-25(19)18-6-5-13-31-16-18/h2-14,16-17H,1H3,(H2,30,35)/b24-14+,28-23-. The van der Waals surface area contributed by atoms with E-state index >= 15 is 0 Å². The van der Waals surface area contributed by atoms with Crippen molar-refractivity contribution in [2.24, 2.45) is 5.73 Å². The Balaban J connectivity index is 1.80. The smallest absolute Gasteiger partial charge is 0.273 e. The Hall–Kier alpha value is -5.27.